The van der Waals surface area contributed by atoms with E-state index in [0.29, 0.717) is 12.0 Å². The maximum absolute atomic E-state index is 10.6. The normalized spacial score (nSPS) is 15.7. The highest BCUT2D eigenvalue weighted by molar-refractivity contribution is 4.66. The fraction of sp³-hybridized carbons (Fsp3) is 1.00. The molecule has 0 aromatic heterocycles. The Morgan fingerprint density at radius 2 is 1.61 bits per heavy atom. The van der Waals surface area contributed by atoms with Gasteiger partial charge in [0.15, 0.2) is 6.29 Å². The van der Waals surface area contributed by atoms with Crippen molar-refractivity contribution in [3.63, 3.8) is 0 Å². The van der Waals surface area contributed by atoms with Crippen molar-refractivity contribution in [2.45, 2.75) is 66.6 Å². The first kappa shape index (κ1) is 17.9. The third-order valence-corrected chi connectivity index (χ3v) is 2.75. The lowest BCUT2D eigenvalue weighted by Gasteiger charge is -2.23. The number of ether oxygens (including phenoxy) is 2. The van der Waals surface area contributed by atoms with Gasteiger partial charge in [-0.1, -0.05) is 27.7 Å². The van der Waals surface area contributed by atoms with Gasteiger partial charge in [-0.25, -0.2) is 5.11 Å². The van der Waals surface area contributed by atoms with Crippen molar-refractivity contribution in [1.82, 2.24) is 0 Å². The lowest BCUT2D eigenvalue weighted by molar-refractivity contribution is -0.127. The van der Waals surface area contributed by atoms with Crippen LogP contribution in [-0.2, 0) is 14.6 Å². The summed E-state index contributed by atoms with van der Waals surface area (Å²) in [6, 6.07) is 0. The molecule has 109 valence electrons. The second-order valence-electron chi connectivity index (χ2n) is 6.42. The predicted molar refractivity (Wildman–Crippen MR) is 74.0 cm³/mol. The molecule has 0 saturated carbocycles. The molecule has 3 heteroatoms. The second-order valence-corrected chi connectivity index (χ2v) is 6.42. The van der Waals surface area contributed by atoms with Gasteiger partial charge in [-0.05, 0) is 43.9 Å². The minimum Gasteiger partial charge on any atom is -0.381 e. The van der Waals surface area contributed by atoms with Gasteiger partial charge < -0.3 is 9.47 Å². The first-order valence-electron chi connectivity index (χ1n) is 7.16. The molecular weight excluding hydrogens is 228 g/mol. The molecule has 0 amide bonds. The zero-order valence-electron chi connectivity index (χ0n) is 12.8. The van der Waals surface area contributed by atoms with Gasteiger partial charge in [-0.2, -0.15) is 0 Å². The van der Waals surface area contributed by atoms with Crippen LogP contribution < -0.4 is 0 Å². The van der Waals surface area contributed by atoms with E-state index in [1.807, 2.05) is 0 Å². The Morgan fingerprint density at radius 1 is 1.00 bits per heavy atom. The van der Waals surface area contributed by atoms with Crippen molar-refractivity contribution in [2.24, 2.45) is 11.3 Å². The second kappa shape index (κ2) is 9.76. The smallest absolute Gasteiger partial charge is 0.188 e. The molecule has 0 bridgehead atoms. The van der Waals surface area contributed by atoms with Crippen molar-refractivity contribution >= 4 is 0 Å². The lowest BCUT2D eigenvalue weighted by atomic mass is 9.84. The third kappa shape index (κ3) is 13.9. The summed E-state index contributed by atoms with van der Waals surface area (Å²) < 4.78 is 10.5. The first-order valence-corrected chi connectivity index (χ1v) is 7.16. The van der Waals surface area contributed by atoms with E-state index in [4.69, 9.17) is 9.47 Å². The van der Waals surface area contributed by atoms with Gasteiger partial charge in [0.1, 0.15) is 0 Å². The van der Waals surface area contributed by atoms with E-state index in [1.54, 1.807) is 0 Å². The van der Waals surface area contributed by atoms with Crippen LogP contribution in [-0.4, -0.2) is 26.1 Å². The average Bonchev–Trinajstić information content (AvgIpc) is 2.18. The molecule has 0 rings (SSSR count). The molecule has 0 aliphatic heterocycles. The maximum atomic E-state index is 10.6. The summed E-state index contributed by atoms with van der Waals surface area (Å²) in [5.41, 5.74) is 0.409. The topological polar surface area (TPSA) is 38.4 Å². The zero-order valence-corrected chi connectivity index (χ0v) is 12.8. The van der Waals surface area contributed by atoms with E-state index in [9.17, 15) is 5.11 Å². The Balaban J connectivity index is 3.25. The summed E-state index contributed by atoms with van der Waals surface area (Å²) in [5, 5.41) is 10.6. The maximum Gasteiger partial charge on any atom is 0.188 e. The van der Waals surface area contributed by atoms with Gasteiger partial charge in [0.25, 0.3) is 0 Å². The van der Waals surface area contributed by atoms with E-state index < -0.39 is 6.29 Å². The Morgan fingerprint density at radius 3 is 2.17 bits per heavy atom. The molecule has 0 aromatic rings. The molecule has 18 heavy (non-hydrogen) atoms. The molecule has 3 nitrogen and oxygen atoms in total. The Bertz CT molecular complexity index is 185. The standard InChI is InChI=1S/C15H31O3/c1-13(12-15(3,4)5)8-11-17-9-6-7-10-18-14(2)16/h13-14H,6-12H2,1-5H3. The summed E-state index contributed by atoms with van der Waals surface area (Å²) in [4.78, 5) is 0. The predicted octanol–water partition coefficient (Wildman–Crippen LogP) is 4.04. The van der Waals surface area contributed by atoms with Crippen molar-refractivity contribution < 1.29 is 14.6 Å². The van der Waals surface area contributed by atoms with Crippen LogP contribution in [0.1, 0.15) is 60.3 Å². The molecule has 2 unspecified atom stereocenters. The molecule has 0 aromatic carbocycles. The molecular formula is C15H31O3. The number of unbranched alkanes of at least 4 members (excludes halogenated alkanes) is 1. The monoisotopic (exact) mass is 259 g/mol. The minimum atomic E-state index is -0.899. The zero-order chi connectivity index (χ0) is 14.0. The van der Waals surface area contributed by atoms with E-state index in [1.165, 1.54) is 13.3 Å². The fourth-order valence-corrected chi connectivity index (χ4v) is 2.09. The van der Waals surface area contributed by atoms with Gasteiger partial charge in [0, 0.05) is 19.8 Å². The molecule has 0 fully saturated rings. The van der Waals surface area contributed by atoms with Crippen molar-refractivity contribution in [3.05, 3.63) is 0 Å². The molecule has 1 radical (unpaired) electrons. The number of hydrogen-bond donors (Lipinski definition) is 0. The van der Waals surface area contributed by atoms with Gasteiger partial charge in [0.05, 0.1) is 0 Å². The van der Waals surface area contributed by atoms with E-state index in [0.717, 1.165) is 38.4 Å². The molecule has 0 saturated heterocycles. The molecule has 0 N–H and O–H groups in total. The average molecular weight is 259 g/mol. The summed E-state index contributed by atoms with van der Waals surface area (Å²) in [7, 11) is 0. The van der Waals surface area contributed by atoms with Crippen LogP contribution in [0.5, 0.6) is 0 Å². The first-order chi connectivity index (χ1) is 8.31. The summed E-state index contributed by atoms with van der Waals surface area (Å²) in [6.07, 6.45) is 3.35. The van der Waals surface area contributed by atoms with Crippen LogP contribution >= 0.6 is 0 Å². The molecule has 0 aliphatic carbocycles. The largest absolute Gasteiger partial charge is 0.381 e. The van der Waals surface area contributed by atoms with E-state index in [-0.39, 0.29) is 0 Å². The van der Waals surface area contributed by atoms with Gasteiger partial charge in [-0.3, -0.25) is 0 Å². The SMILES string of the molecule is CC(CCOCCCCOC(C)[O])CC(C)(C)C. The van der Waals surface area contributed by atoms with Crippen molar-refractivity contribution in [3.8, 4) is 0 Å². The van der Waals surface area contributed by atoms with E-state index in [2.05, 4.69) is 27.7 Å². The quantitative estimate of drug-likeness (QED) is 0.438. The van der Waals surface area contributed by atoms with Crippen LogP contribution in [0, 0.1) is 11.3 Å². The summed E-state index contributed by atoms with van der Waals surface area (Å²) >= 11 is 0. The van der Waals surface area contributed by atoms with Crippen LogP contribution in [0.2, 0.25) is 0 Å². The Hall–Kier alpha value is -0.120. The molecule has 2 atom stereocenters. The number of rotatable bonds is 10. The van der Waals surface area contributed by atoms with Gasteiger partial charge in [0.2, 0.25) is 0 Å². The van der Waals surface area contributed by atoms with Gasteiger partial charge >= 0.3 is 0 Å². The Kier molecular flexibility index (Phi) is 9.70. The fourth-order valence-electron chi connectivity index (χ4n) is 2.09. The van der Waals surface area contributed by atoms with Gasteiger partial charge in [-0.15, -0.1) is 0 Å². The molecule has 0 heterocycles. The molecule has 0 spiro atoms. The third-order valence-electron chi connectivity index (χ3n) is 2.75. The highest BCUT2D eigenvalue weighted by Crippen LogP contribution is 2.25. The molecule has 0 aliphatic rings. The summed E-state index contributed by atoms with van der Waals surface area (Å²) in [6.45, 7) is 12.8. The van der Waals surface area contributed by atoms with Crippen LogP contribution in [0.4, 0.5) is 0 Å². The highest BCUT2D eigenvalue weighted by atomic mass is 16.6. The minimum absolute atomic E-state index is 0.409. The van der Waals surface area contributed by atoms with Crippen molar-refractivity contribution in [1.29, 1.82) is 0 Å². The Labute approximate surface area is 113 Å². The van der Waals surface area contributed by atoms with Crippen LogP contribution in [0.15, 0.2) is 0 Å². The van der Waals surface area contributed by atoms with Crippen LogP contribution in [0.25, 0.3) is 0 Å². The van der Waals surface area contributed by atoms with E-state index >= 15 is 0 Å². The number of hydrogen-bond acceptors (Lipinski definition) is 2. The van der Waals surface area contributed by atoms with Crippen molar-refractivity contribution in [2.75, 3.05) is 19.8 Å². The highest BCUT2D eigenvalue weighted by Gasteiger charge is 2.14. The van der Waals surface area contributed by atoms with Crippen LogP contribution in [0.3, 0.4) is 0 Å². The lowest BCUT2D eigenvalue weighted by Crippen LogP contribution is -2.13. The summed E-state index contributed by atoms with van der Waals surface area (Å²) in [5.74, 6) is 0.717.